The molecule has 1 heterocycles. The summed E-state index contributed by atoms with van der Waals surface area (Å²) in [5.74, 6) is 0. The summed E-state index contributed by atoms with van der Waals surface area (Å²) in [6.07, 6.45) is 0.0992. The first-order valence-corrected chi connectivity index (χ1v) is 9.19. The zero-order valence-corrected chi connectivity index (χ0v) is 13.7. The Morgan fingerprint density at radius 1 is 1.09 bits per heavy atom. The van der Waals surface area contributed by atoms with Crippen LogP contribution in [0.5, 0.6) is 0 Å². The minimum Gasteiger partial charge on any atom is -0.240 e. The maximum absolute atomic E-state index is 12.9. The number of nitriles is 1. The molecule has 0 atom stereocenters. The van der Waals surface area contributed by atoms with Crippen molar-refractivity contribution in [2.24, 2.45) is 0 Å². The van der Waals surface area contributed by atoms with Crippen molar-refractivity contribution in [3.05, 3.63) is 54.6 Å². The molecule has 0 bridgehead atoms. The molecule has 0 aliphatic carbocycles. The molecule has 0 saturated carbocycles. The van der Waals surface area contributed by atoms with Crippen LogP contribution in [-0.4, -0.2) is 19.9 Å². The number of hydrogen-bond donors (Lipinski definition) is 0. The summed E-state index contributed by atoms with van der Waals surface area (Å²) in [6.45, 7) is 0.0769. The van der Waals surface area contributed by atoms with Gasteiger partial charge >= 0.3 is 0 Å². The third kappa shape index (κ3) is 3.04. The summed E-state index contributed by atoms with van der Waals surface area (Å²) in [7, 11) is -3.74. The molecular formula is C16H13N3O2S2. The molecular weight excluding hydrogens is 330 g/mol. The zero-order valence-electron chi connectivity index (χ0n) is 12.1. The molecule has 0 radical (unpaired) electrons. The van der Waals surface area contributed by atoms with E-state index in [1.807, 2.05) is 30.3 Å². The van der Waals surface area contributed by atoms with Gasteiger partial charge in [0.05, 0.1) is 27.6 Å². The molecule has 7 heteroatoms. The average Bonchev–Trinajstić information content (AvgIpc) is 2.99. The maximum atomic E-state index is 12.9. The predicted octanol–water partition coefficient (Wildman–Crippen LogP) is 3.41. The summed E-state index contributed by atoms with van der Waals surface area (Å²) in [5.41, 5.74) is 0.748. The zero-order chi connectivity index (χ0) is 16.3. The fourth-order valence-corrected chi connectivity index (χ4v) is 4.80. The van der Waals surface area contributed by atoms with Crippen LogP contribution < -0.4 is 4.31 Å². The van der Waals surface area contributed by atoms with Gasteiger partial charge < -0.3 is 0 Å². The highest BCUT2D eigenvalue weighted by Gasteiger charge is 2.27. The van der Waals surface area contributed by atoms with Gasteiger partial charge in [0, 0.05) is 6.54 Å². The molecule has 0 spiro atoms. The lowest BCUT2D eigenvalue weighted by Gasteiger charge is -2.20. The van der Waals surface area contributed by atoms with Gasteiger partial charge in [0.1, 0.15) is 0 Å². The molecule has 0 aliphatic heterocycles. The largest absolute Gasteiger partial charge is 0.266 e. The number of nitrogens with zero attached hydrogens (tertiary/aromatic N) is 3. The number of anilines is 1. The second kappa shape index (κ2) is 6.36. The van der Waals surface area contributed by atoms with Gasteiger partial charge in [-0.05, 0) is 24.3 Å². The van der Waals surface area contributed by atoms with E-state index in [0.29, 0.717) is 5.13 Å². The van der Waals surface area contributed by atoms with Crippen LogP contribution in [-0.2, 0) is 10.0 Å². The highest BCUT2D eigenvalue weighted by molar-refractivity contribution is 7.93. The number of fused-ring (bicyclic) bond motifs is 1. The fraction of sp³-hybridized carbons (Fsp3) is 0.125. The van der Waals surface area contributed by atoms with Crippen LogP contribution in [0.3, 0.4) is 0 Å². The Balaban J connectivity index is 2.09. The molecule has 5 nitrogen and oxygen atoms in total. The molecule has 3 aromatic rings. The lowest BCUT2D eigenvalue weighted by molar-refractivity contribution is 0.591. The molecule has 0 N–H and O–H groups in total. The standard InChI is InChI=1S/C16H13N3O2S2/c17-11-6-12-19(23(20,21)13-7-2-1-3-8-13)16-18-14-9-4-5-10-15(14)22-16/h1-5,7-10H,6,12H2. The normalized spacial score (nSPS) is 11.3. The Bertz CT molecular complexity index is 927. The van der Waals surface area contributed by atoms with E-state index in [9.17, 15) is 8.42 Å². The highest BCUT2D eigenvalue weighted by Crippen LogP contribution is 2.32. The van der Waals surface area contributed by atoms with E-state index in [0.717, 1.165) is 10.2 Å². The van der Waals surface area contributed by atoms with E-state index in [4.69, 9.17) is 5.26 Å². The third-order valence-corrected chi connectivity index (χ3v) is 6.23. The molecule has 23 heavy (non-hydrogen) atoms. The molecule has 0 aliphatic rings. The number of para-hydroxylation sites is 1. The van der Waals surface area contributed by atoms with Gasteiger partial charge in [-0.25, -0.2) is 17.7 Å². The molecule has 1 aromatic heterocycles. The highest BCUT2D eigenvalue weighted by atomic mass is 32.2. The summed E-state index contributed by atoms with van der Waals surface area (Å²) in [5, 5.41) is 9.23. The van der Waals surface area contributed by atoms with Gasteiger partial charge in [0.2, 0.25) is 5.13 Å². The first-order valence-electron chi connectivity index (χ1n) is 6.93. The van der Waals surface area contributed by atoms with Crippen LogP contribution in [0.2, 0.25) is 0 Å². The van der Waals surface area contributed by atoms with Crippen molar-refractivity contribution >= 4 is 36.7 Å². The van der Waals surface area contributed by atoms with Gasteiger partial charge in [-0.15, -0.1) is 0 Å². The average molecular weight is 343 g/mol. The van der Waals surface area contributed by atoms with E-state index in [2.05, 4.69) is 4.98 Å². The SMILES string of the molecule is N#CCCN(c1nc2ccccc2s1)S(=O)(=O)c1ccccc1. The van der Waals surface area contributed by atoms with Crippen molar-refractivity contribution < 1.29 is 8.42 Å². The van der Waals surface area contributed by atoms with Crippen LogP contribution in [0.4, 0.5) is 5.13 Å². The Morgan fingerprint density at radius 3 is 2.48 bits per heavy atom. The summed E-state index contributed by atoms with van der Waals surface area (Å²) in [6, 6.07) is 17.7. The van der Waals surface area contributed by atoms with Crippen molar-refractivity contribution in [1.82, 2.24) is 4.98 Å². The molecule has 3 rings (SSSR count). The number of sulfonamides is 1. The van der Waals surface area contributed by atoms with E-state index in [1.54, 1.807) is 30.3 Å². The molecule has 2 aromatic carbocycles. The van der Waals surface area contributed by atoms with Crippen molar-refractivity contribution in [2.45, 2.75) is 11.3 Å². The van der Waals surface area contributed by atoms with Gasteiger partial charge in [0.25, 0.3) is 10.0 Å². The topological polar surface area (TPSA) is 74.1 Å². The number of hydrogen-bond acceptors (Lipinski definition) is 5. The molecule has 0 saturated heterocycles. The maximum Gasteiger partial charge on any atom is 0.266 e. The third-order valence-electron chi connectivity index (χ3n) is 3.25. The number of aromatic nitrogens is 1. The minimum absolute atomic E-state index is 0.0769. The summed E-state index contributed by atoms with van der Waals surface area (Å²) in [4.78, 5) is 4.61. The number of benzene rings is 2. The summed E-state index contributed by atoms with van der Waals surface area (Å²) >= 11 is 1.30. The Labute approximate surface area is 138 Å². The van der Waals surface area contributed by atoms with E-state index >= 15 is 0 Å². The molecule has 0 amide bonds. The minimum atomic E-state index is -3.74. The van der Waals surface area contributed by atoms with E-state index < -0.39 is 10.0 Å². The van der Waals surface area contributed by atoms with Crippen LogP contribution in [0.1, 0.15) is 6.42 Å². The quantitative estimate of drug-likeness (QED) is 0.711. The van der Waals surface area contributed by atoms with Crippen LogP contribution >= 0.6 is 11.3 Å². The number of rotatable bonds is 5. The van der Waals surface area contributed by atoms with Gasteiger partial charge in [-0.3, -0.25) is 0 Å². The fourth-order valence-electron chi connectivity index (χ4n) is 2.16. The second-order valence-electron chi connectivity index (χ2n) is 4.76. The second-order valence-corrected chi connectivity index (χ2v) is 7.63. The van der Waals surface area contributed by atoms with Crippen molar-refractivity contribution in [3.63, 3.8) is 0 Å². The number of thiazole rings is 1. The van der Waals surface area contributed by atoms with E-state index in [-0.39, 0.29) is 17.9 Å². The van der Waals surface area contributed by atoms with Crippen molar-refractivity contribution in [1.29, 1.82) is 5.26 Å². The summed E-state index contributed by atoms with van der Waals surface area (Å²) < 4.78 is 27.9. The van der Waals surface area contributed by atoms with Crippen LogP contribution in [0, 0.1) is 11.3 Å². The lowest BCUT2D eigenvalue weighted by atomic mass is 10.3. The van der Waals surface area contributed by atoms with Crippen molar-refractivity contribution in [3.8, 4) is 6.07 Å². The Hall–Kier alpha value is -2.43. The molecule has 0 unspecified atom stereocenters. The first kappa shape index (κ1) is 15.5. The van der Waals surface area contributed by atoms with E-state index in [1.165, 1.54) is 15.6 Å². The predicted molar refractivity (Wildman–Crippen MR) is 90.8 cm³/mol. The monoisotopic (exact) mass is 343 g/mol. The van der Waals surface area contributed by atoms with Gasteiger partial charge in [-0.1, -0.05) is 41.7 Å². The Kier molecular flexibility index (Phi) is 4.28. The van der Waals surface area contributed by atoms with Gasteiger partial charge in [-0.2, -0.15) is 5.26 Å². The van der Waals surface area contributed by atoms with Crippen LogP contribution in [0.15, 0.2) is 59.5 Å². The first-order chi connectivity index (χ1) is 11.1. The van der Waals surface area contributed by atoms with Gasteiger partial charge in [0.15, 0.2) is 0 Å². The lowest BCUT2D eigenvalue weighted by Crippen LogP contribution is -2.31. The smallest absolute Gasteiger partial charge is 0.240 e. The molecule has 116 valence electrons. The Morgan fingerprint density at radius 2 is 1.78 bits per heavy atom. The molecule has 0 fully saturated rings. The van der Waals surface area contributed by atoms with Crippen molar-refractivity contribution in [2.75, 3.05) is 10.8 Å². The van der Waals surface area contributed by atoms with Crippen LogP contribution in [0.25, 0.3) is 10.2 Å².